The average molecular weight is 349 g/mol. The zero-order chi connectivity index (χ0) is 18.0. The van der Waals surface area contributed by atoms with Crippen LogP contribution in [0.5, 0.6) is 0 Å². The Balaban J connectivity index is 1.68. The van der Waals surface area contributed by atoms with Gasteiger partial charge >= 0.3 is 5.97 Å². The number of methoxy groups -OCH3 is 1. The molecule has 0 bridgehead atoms. The predicted octanol–water partition coefficient (Wildman–Crippen LogP) is 1.93. The monoisotopic (exact) mass is 349 g/mol. The topological polar surface area (TPSA) is 75.9 Å². The quantitative estimate of drug-likeness (QED) is 0.731. The Morgan fingerprint density at radius 3 is 2.84 bits per heavy atom. The van der Waals surface area contributed by atoms with Crippen molar-refractivity contribution in [2.24, 2.45) is 11.8 Å². The number of oxazole rings is 1. The smallest absolute Gasteiger partial charge is 0.360 e. The number of nitrogens with zero attached hydrogens (tertiary/aromatic N) is 3. The Hall–Kier alpha value is -1.89. The van der Waals surface area contributed by atoms with E-state index in [1.54, 1.807) is 0 Å². The second kappa shape index (κ2) is 7.56. The Kier molecular flexibility index (Phi) is 5.42. The Bertz CT molecular complexity index is 624. The highest BCUT2D eigenvalue weighted by Crippen LogP contribution is 2.32. The molecule has 1 atom stereocenters. The minimum absolute atomic E-state index is 0.180. The number of hydrogen-bond donors (Lipinski definition) is 0. The maximum atomic E-state index is 12.6. The zero-order valence-electron chi connectivity index (χ0n) is 15.2. The van der Waals surface area contributed by atoms with E-state index >= 15 is 0 Å². The summed E-state index contributed by atoms with van der Waals surface area (Å²) in [5.74, 6) is 1.29. The predicted molar refractivity (Wildman–Crippen MR) is 90.8 cm³/mol. The average Bonchev–Trinajstić information content (AvgIpc) is 3.32. The Labute approximate surface area is 148 Å². The van der Waals surface area contributed by atoms with Crippen molar-refractivity contribution in [3.8, 4) is 0 Å². The molecule has 3 rings (SSSR count). The lowest BCUT2D eigenvalue weighted by Crippen LogP contribution is -2.47. The van der Waals surface area contributed by atoms with Crippen molar-refractivity contribution in [1.29, 1.82) is 0 Å². The summed E-state index contributed by atoms with van der Waals surface area (Å²) in [5, 5.41) is 0. The largest absolute Gasteiger partial charge is 0.464 e. The van der Waals surface area contributed by atoms with E-state index in [-0.39, 0.29) is 17.6 Å². The summed E-state index contributed by atoms with van der Waals surface area (Å²) < 4.78 is 10.1. The van der Waals surface area contributed by atoms with Crippen LogP contribution in [0.3, 0.4) is 0 Å². The first-order chi connectivity index (χ1) is 12.0. The van der Waals surface area contributed by atoms with Crippen molar-refractivity contribution in [3.05, 3.63) is 17.8 Å². The standard InChI is InChI=1S/C18H27N3O4/c1-12(2)15-9-20(7-6-17(22)21(15)8-13-4-5-13)10-16-19-14(11-25-16)18(23)24-3/h11-13,15H,4-10H2,1-3H3/t15-/m0/s1. The molecule has 0 spiro atoms. The third-order valence-electron chi connectivity index (χ3n) is 5.03. The van der Waals surface area contributed by atoms with Gasteiger partial charge in [0.15, 0.2) is 5.69 Å². The van der Waals surface area contributed by atoms with Crippen molar-refractivity contribution in [2.75, 3.05) is 26.7 Å². The Morgan fingerprint density at radius 2 is 2.20 bits per heavy atom. The summed E-state index contributed by atoms with van der Waals surface area (Å²) in [6.07, 6.45) is 4.32. The van der Waals surface area contributed by atoms with Crippen LogP contribution in [0.2, 0.25) is 0 Å². The molecule has 1 aromatic heterocycles. The zero-order valence-corrected chi connectivity index (χ0v) is 15.2. The van der Waals surface area contributed by atoms with Crippen LogP contribution < -0.4 is 0 Å². The number of ether oxygens (including phenoxy) is 1. The number of carbonyl (C=O) groups excluding carboxylic acids is 2. The lowest BCUT2D eigenvalue weighted by molar-refractivity contribution is -0.133. The van der Waals surface area contributed by atoms with Gasteiger partial charge in [-0.3, -0.25) is 9.69 Å². The van der Waals surface area contributed by atoms with Gasteiger partial charge in [0, 0.05) is 32.1 Å². The van der Waals surface area contributed by atoms with Gasteiger partial charge in [-0.1, -0.05) is 13.8 Å². The van der Waals surface area contributed by atoms with Gasteiger partial charge in [0.1, 0.15) is 6.26 Å². The molecule has 2 fully saturated rings. The fourth-order valence-corrected chi connectivity index (χ4v) is 3.34. The molecule has 1 aliphatic heterocycles. The van der Waals surface area contributed by atoms with Crippen molar-refractivity contribution >= 4 is 11.9 Å². The van der Waals surface area contributed by atoms with Crippen LogP contribution in [-0.2, 0) is 16.1 Å². The molecule has 25 heavy (non-hydrogen) atoms. The van der Waals surface area contributed by atoms with Crippen LogP contribution in [0.1, 0.15) is 49.5 Å². The molecule has 1 aromatic rings. The molecule has 2 aliphatic rings. The minimum atomic E-state index is -0.503. The molecule has 1 saturated heterocycles. The summed E-state index contributed by atoms with van der Waals surface area (Å²) >= 11 is 0. The highest BCUT2D eigenvalue weighted by Gasteiger charge is 2.35. The normalized spacial score (nSPS) is 22.3. The summed E-state index contributed by atoms with van der Waals surface area (Å²) in [5.41, 5.74) is 0.180. The van der Waals surface area contributed by atoms with E-state index in [1.165, 1.54) is 26.2 Å². The molecular formula is C18H27N3O4. The molecule has 0 aromatic carbocycles. The van der Waals surface area contributed by atoms with E-state index in [0.29, 0.717) is 37.2 Å². The number of aromatic nitrogens is 1. The van der Waals surface area contributed by atoms with Crippen LogP contribution in [0.25, 0.3) is 0 Å². The van der Waals surface area contributed by atoms with Gasteiger partial charge in [0.05, 0.1) is 13.7 Å². The number of hydrogen-bond acceptors (Lipinski definition) is 6. The van der Waals surface area contributed by atoms with Crippen LogP contribution in [0.15, 0.2) is 10.7 Å². The molecule has 1 aliphatic carbocycles. The van der Waals surface area contributed by atoms with Gasteiger partial charge in [-0.25, -0.2) is 9.78 Å². The molecule has 1 amide bonds. The molecular weight excluding hydrogens is 322 g/mol. The van der Waals surface area contributed by atoms with Crippen molar-refractivity contribution in [2.45, 2.75) is 45.7 Å². The SMILES string of the molecule is COC(=O)c1coc(CN2CCC(=O)N(CC3CC3)[C@H](C(C)C)C2)n1. The third-order valence-corrected chi connectivity index (χ3v) is 5.03. The van der Waals surface area contributed by atoms with Crippen LogP contribution in [0, 0.1) is 11.8 Å². The summed E-state index contributed by atoms with van der Waals surface area (Å²) in [6.45, 7) is 7.20. The van der Waals surface area contributed by atoms with Gasteiger partial charge in [0.2, 0.25) is 11.8 Å². The third kappa shape index (κ3) is 4.39. The van der Waals surface area contributed by atoms with Crippen LogP contribution in [-0.4, -0.2) is 59.4 Å². The van der Waals surface area contributed by atoms with Gasteiger partial charge in [0.25, 0.3) is 0 Å². The van der Waals surface area contributed by atoms with Crippen molar-refractivity contribution < 1.29 is 18.7 Å². The maximum Gasteiger partial charge on any atom is 0.360 e. The fraction of sp³-hybridized carbons (Fsp3) is 0.722. The first-order valence-corrected chi connectivity index (χ1v) is 9.02. The van der Waals surface area contributed by atoms with Gasteiger partial charge in [-0.05, 0) is 24.7 Å². The van der Waals surface area contributed by atoms with Gasteiger partial charge in [-0.2, -0.15) is 0 Å². The second-order valence-corrected chi connectivity index (χ2v) is 7.40. The fourth-order valence-electron chi connectivity index (χ4n) is 3.34. The Morgan fingerprint density at radius 1 is 1.44 bits per heavy atom. The summed E-state index contributed by atoms with van der Waals surface area (Å²) in [6, 6.07) is 0.200. The summed E-state index contributed by atoms with van der Waals surface area (Å²) in [4.78, 5) is 32.6. The molecule has 0 unspecified atom stereocenters. The van der Waals surface area contributed by atoms with E-state index in [0.717, 1.165) is 13.1 Å². The van der Waals surface area contributed by atoms with Crippen molar-refractivity contribution in [1.82, 2.24) is 14.8 Å². The molecule has 0 N–H and O–H groups in total. The minimum Gasteiger partial charge on any atom is -0.464 e. The van der Waals surface area contributed by atoms with E-state index in [1.807, 2.05) is 0 Å². The number of carbonyl (C=O) groups is 2. The molecule has 7 nitrogen and oxygen atoms in total. The molecule has 0 radical (unpaired) electrons. The van der Waals surface area contributed by atoms with Gasteiger partial charge < -0.3 is 14.1 Å². The second-order valence-electron chi connectivity index (χ2n) is 7.40. The first kappa shape index (κ1) is 17.9. The number of esters is 1. The van der Waals surface area contributed by atoms with E-state index in [2.05, 4.69) is 33.4 Å². The number of rotatable bonds is 6. The maximum absolute atomic E-state index is 12.6. The van der Waals surface area contributed by atoms with Crippen molar-refractivity contribution in [3.63, 3.8) is 0 Å². The first-order valence-electron chi connectivity index (χ1n) is 9.02. The lowest BCUT2D eigenvalue weighted by atomic mass is 10.0. The molecule has 7 heteroatoms. The summed E-state index contributed by atoms with van der Waals surface area (Å²) in [7, 11) is 1.32. The highest BCUT2D eigenvalue weighted by molar-refractivity contribution is 5.86. The van der Waals surface area contributed by atoms with Gasteiger partial charge in [-0.15, -0.1) is 0 Å². The van der Waals surface area contributed by atoms with Crippen LogP contribution >= 0.6 is 0 Å². The number of amides is 1. The van der Waals surface area contributed by atoms with E-state index < -0.39 is 5.97 Å². The lowest BCUT2D eigenvalue weighted by Gasteiger charge is -2.34. The molecule has 138 valence electrons. The van der Waals surface area contributed by atoms with E-state index in [4.69, 9.17) is 4.42 Å². The molecule has 1 saturated carbocycles. The van der Waals surface area contributed by atoms with Crippen LogP contribution in [0.4, 0.5) is 0 Å². The highest BCUT2D eigenvalue weighted by atomic mass is 16.5. The molecule has 2 heterocycles. The van der Waals surface area contributed by atoms with E-state index in [9.17, 15) is 9.59 Å².